The molecule has 0 bridgehead atoms. The summed E-state index contributed by atoms with van der Waals surface area (Å²) in [7, 11) is 4.72. The van der Waals surface area contributed by atoms with E-state index in [1.54, 1.807) is 39.5 Å². The second-order valence-electron chi connectivity index (χ2n) is 8.15. The number of anilines is 1. The van der Waals surface area contributed by atoms with Crippen LogP contribution in [0.25, 0.3) is 22.4 Å². The zero-order valence-corrected chi connectivity index (χ0v) is 22.2. The number of pyridine rings is 1. The minimum Gasteiger partial charge on any atom is -0.497 e. The third kappa shape index (κ3) is 6.25. The van der Waals surface area contributed by atoms with Gasteiger partial charge in [-0.2, -0.15) is 5.26 Å². The summed E-state index contributed by atoms with van der Waals surface area (Å²) in [6.45, 7) is 0. The van der Waals surface area contributed by atoms with Gasteiger partial charge in [-0.25, -0.2) is 4.98 Å². The van der Waals surface area contributed by atoms with Crippen molar-refractivity contribution in [2.24, 2.45) is 0 Å². The number of carbonyl (C=O) groups is 1. The monoisotopic (exact) mass is 525 g/mol. The van der Waals surface area contributed by atoms with Gasteiger partial charge in [0.15, 0.2) is 0 Å². The number of rotatable bonds is 10. The first kappa shape index (κ1) is 26.6. The van der Waals surface area contributed by atoms with E-state index in [1.165, 1.54) is 11.8 Å². The van der Waals surface area contributed by atoms with Crippen molar-refractivity contribution in [2.75, 3.05) is 32.4 Å². The number of nitrogens with zero attached hydrogens (tertiary/aromatic N) is 2. The molecule has 0 fully saturated rings. The molecule has 8 heteroatoms. The molecular weight excluding hydrogens is 498 g/mol. The van der Waals surface area contributed by atoms with Gasteiger partial charge in [0.25, 0.3) is 0 Å². The van der Waals surface area contributed by atoms with Crippen molar-refractivity contribution in [3.8, 4) is 45.7 Å². The fraction of sp³-hybridized carbons (Fsp3) is 0.167. The first-order chi connectivity index (χ1) is 18.6. The van der Waals surface area contributed by atoms with Crippen LogP contribution in [-0.4, -0.2) is 38.0 Å². The van der Waals surface area contributed by atoms with Crippen LogP contribution in [0.5, 0.6) is 17.2 Å². The standard InChI is InChI=1S/C30H27N3O4S/c1-35-22-11-9-20(10-12-22)24-18-26(21-7-5-4-6-8-21)33-30(25(24)19-31)38-16-15-29(34)32-27-17-23(36-2)13-14-28(27)37-3/h4-14,17-18H,15-16H2,1-3H3,(H,32,34). The minimum atomic E-state index is -0.183. The number of thioether (sulfide) groups is 1. The van der Waals surface area contributed by atoms with E-state index in [-0.39, 0.29) is 12.3 Å². The largest absolute Gasteiger partial charge is 0.497 e. The van der Waals surface area contributed by atoms with Crippen LogP contribution in [0.15, 0.2) is 83.9 Å². The third-order valence-electron chi connectivity index (χ3n) is 5.82. The minimum absolute atomic E-state index is 0.183. The molecule has 192 valence electrons. The highest BCUT2D eigenvalue weighted by Crippen LogP contribution is 2.35. The van der Waals surface area contributed by atoms with Crippen LogP contribution in [0.4, 0.5) is 5.69 Å². The van der Waals surface area contributed by atoms with Crippen molar-refractivity contribution in [2.45, 2.75) is 11.4 Å². The summed E-state index contributed by atoms with van der Waals surface area (Å²) >= 11 is 1.38. The van der Waals surface area contributed by atoms with Crippen LogP contribution in [0.3, 0.4) is 0 Å². The molecule has 0 saturated carbocycles. The Morgan fingerprint density at radius 1 is 0.895 bits per heavy atom. The average molecular weight is 526 g/mol. The summed E-state index contributed by atoms with van der Waals surface area (Å²) < 4.78 is 15.9. The maximum absolute atomic E-state index is 12.7. The predicted molar refractivity (Wildman–Crippen MR) is 150 cm³/mol. The molecule has 1 amide bonds. The Morgan fingerprint density at radius 2 is 1.61 bits per heavy atom. The molecule has 0 aliphatic heterocycles. The summed E-state index contributed by atoms with van der Waals surface area (Å²) in [6, 6.07) is 26.9. The summed E-state index contributed by atoms with van der Waals surface area (Å²) in [5.41, 5.74) is 4.35. The number of nitriles is 1. The molecule has 1 heterocycles. The van der Waals surface area contributed by atoms with Crippen molar-refractivity contribution >= 4 is 23.4 Å². The first-order valence-electron chi connectivity index (χ1n) is 11.9. The van der Waals surface area contributed by atoms with Crippen LogP contribution < -0.4 is 19.5 Å². The molecule has 1 aromatic heterocycles. The van der Waals surface area contributed by atoms with Crippen molar-refractivity contribution in [3.05, 3.63) is 84.4 Å². The normalized spacial score (nSPS) is 10.4. The number of nitrogens with one attached hydrogen (secondary N) is 1. The van der Waals surface area contributed by atoms with E-state index in [4.69, 9.17) is 19.2 Å². The lowest BCUT2D eigenvalue weighted by atomic mass is 9.99. The third-order valence-corrected chi connectivity index (χ3v) is 6.79. The lowest BCUT2D eigenvalue weighted by molar-refractivity contribution is -0.115. The molecule has 0 radical (unpaired) electrons. The summed E-state index contributed by atoms with van der Waals surface area (Å²) in [5.74, 6) is 2.14. The lowest BCUT2D eigenvalue weighted by Gasteiger charge is -2.14. The Kier molecular flexibility index (Phi) is 8.85. The van der Waals surface area contributed by atoms with Gasteiger partial charge in [-0.1, -0.05) is 42.5 Å². The van der Waals surface area contributed by atoms with Crippen molar-refractivity contribution in [1.29, 1.82) is 5.26 Å². The molecule has 0 saturated heterocycles. The van der Waals surface area contributed by atoms with E-state index >= 15 is 0 Å². The van der Waals surface area contributed by atoms with Gasteiger partial charge >= 0.3 is 0 Å². The quantitative estimate of drug-likeness (QED) is 0.238. The van der Waals surface area contributed by atoms with Crippen LogP contribution in [-0.2, 0) is 4.79 Å². The summed E-state index contributed by atoms with van der Waals surface area (Å²) in [4.78, 5) is 17.6. The molecule has 0 unspecified atom stereocenters. The van der Waals surface area contributed by atoms with Crippen LogP contribution in [0.1, 0.15) is 12.0 Å². The van der Waals surface area contributed by atoms with E-state index in [0.29, 0.717) is 33.5 Å². The fourth-order valence-electron chi connectivity index (χ4n) is 3.85. The summed E-state index contributed by atoms with van der Waals surface area (Å²) in [6.07, 6.45) is 0.213. The van der Waals surface area contributed by atoms with Gasteiger partial charge in [-0.05, 0) is 35.9 Å². The van der Waals surface area contributed by atoms with Gasteiger partial charge in [0, 0.05) is 29.4 Å². The van der Waals surface area contributed by atoms with Gasteiger partial charge < -0.3 is 19.5 Å². The molecule has 3 aromatic carbocycles. The Hall–Kier alpha value is -4.48. The second-order valence-corrected chi connectivity index (χ2v) is 9.24. The average Bonchev–Trinajstić information content (AvgIpc) is 2.97. The molecule has 0 spiro atoms. The number of ether oxygens (including phenoxy) is 3. The van der Waals surface area contributed by atoms with E-state index in [2.05, 4.69) is 11.4 Å². The zero-order valence-electron chi connectivity index (χ0n) is 21.4. The van der Waals surface area contributed by atoms with Gasteiger partial charge in [-0.15, -0.1) is 11.8 Å². The van der Waals surface area contributed by atoms with E-state index in [9.17, 15) is 10.1 Å². The smallest absolute Gasteiger partial charge is 0.225 e. The molecule has 0 aliphatic carbocycles. The number of hydrogen-bond acceptors (Lipinski definition) is 7. The van der Waals surface area contributed by atoms with Crippen LogP contribution in [0, 0.1) is 11.3 Å². The fourth-order valence-corrected chi connectivity index (χ4v) is 4.80. The molecule has 0 atom stereocenters. The maximum atomic E-state index is 12.7. The molecule has 1 N–H and O–H groups in total. The Bertz CT molecular complexity index is 1450. The van der Waals surface area contributed by atoms with Gasteiger partial charge in [0.05, 0.1) is 38.3 Å². The van der Waals surface area contributed by atoms with E-state index in [0.717, 1.165) is 28.1 Å². The van der Waals surface area contributed by atoms with Gasteiger partial charge in [0.1, 0.15) is 28.3 Å². The Labute approximate surface area is 226 Å². The van der Waals surface area contributed by atoms with Crippen molar-refractivity contribution < 1.29 is 19.0 Å². The number of hydrogen-bond donors (Lipinski definition) is 1. The predicted octanol–water partition coefficient (Wildman–Crippen LogP) is 6.43. The van der Waals surface area contributed by atoms with Gasteiger partial charge in [0.2, 0.25) is 5.91 Å². The number of carbonyl (C=O) groups excluding carboxylic acids is 1. The molecule has 4 rings (SSSR count). The number of aromatic nitrogens is 1. The topological polar surface area (TPSA) is 93.5 Å². The Balaban J connectivity index is 1.59. The van der Waals surface area contributed by atoms with Crippen molar-refractivity contribution in [1.82, 2.24) is 4.98 Å². The maximum Gasteiger partial charge on any atom is 0.225 e. The molecule has 0 aliphatic rings. The highest BCUT2D eigenvalue weighted by molar-refractivity contribution is 7.99. The second kappa shape index (κ2) is 12.7. The number of benzene rings is 3. The lowest BCUT2D eigenvalue weighted by Crippen LogP contribution is -2.13. The van der Waals surface area contributed by atoms with Crippen molar-refractivity contribution in [3.63, 3.8) is 0 Å². The van der Waals surface area contributed by atoms with Gasteiger partial charge in [-0.3, -0.25) is 4.79 Å². The first-order valence-corrected chi connectivity index (χ1v) is 12.8. The summed E-state index contributed by atoms with van der Waals surface area (Å²) in [5, 5.41) is 13.6. The molecule has 38 heavy (non-hydrogen) atoms. The SMILES string of the molecule is COc1ccc(-c2cc(-c3ccccc3)nc(SCCC(=O)Nc3cc(OC)ccc3OC)c2C#N)cc1. The van der Waals surface area contributed by atoms with Crippen LogP contribution >= 0.6 is 11.8 Å². The Morgan fingerprint density at radius 3 is 2.26 bits per heavy atom. The molecular formula is C30H27N3O4S. The zero-order chi connectivity index (χ0) is 26.9. The van der Waals surface area contributed by atoms with E-state index < -0.39 is 0 Å². The highest BCUT2D eigenvalue weighted by atomic mass is 32.2. The van der Waals surface area contributed by atoms with E-state index in [1.807, 2.05) is 60.7 Å². The highest BCUT2D eigenvalue weighted by Gasteiger charge is 2.17. The van der Waals surface area contributed by atoms with Crippen LogP contribution in [0.2, 0.25) is 0 Å². The number of methoxy groups -OCH3 is 3. The molecule has 7 nitrogen and oxygen atoms in total. The number of amides is 1. The molecule has 4 aromatic rings.